The second-order valence-corrected chi connectivity index (χ2v) is 4.62. The Kier molecular flexibility index (Phi) is 4.01. The number of carbonyl (C=O) groups is 2. The SMILES string of the molecule is COCC(O)CN(C)c1cc2c(cc1F)C(=O)C(=O)N2. The molecule has 1 aliphatic heterocycles. The van der Waals surface area contributed by atoms with Crippen molar-refractivity contribution < 1.29 is 23.8 Å². The average molecular weight is 282 g/mol. The number of rotatable bonds is 5. The molecule has 1 aromatic carbocycles. The Morgan fingerprint density at radius 1 is 1.45 bits per heavy atom. The maximum atomic E-state index is 14.0. The second-order valence-electron chi connectivity index (χ2n) is 4.62. The first kappa shape index (κ1) is 14.4. The van der Waals surface area contributed by atoms with E-state index in [-0.39, 0.29) is 30.1 Å². The van der Waals surface area contributed by atoms with Crippen LogP contribution in [0.4, 0.5) is 15.8 Å². The molecule has 1 atom stereocenters. The molecule has 0 fully saturated rings. The van der Waals surface area contributed by atoms with Crippen molar-refractivity contribution in [1.29, 1.82) is 0 Å². The lowest BCUT2D eigenvalue weighted by Gasteiger charge is -2.23. The molecule has 0 saturated heterocycles. The maximum absolute atomic E-state index is 14.0. The third kappa shape index (κ3) is 2.63. The zero-order valence-electron chi connectivity index (χ0n) is 11.1. The van der Waals surface area contributed by atoms with Gasteiger partial charge in [-0.3, -0.25) is 9.59 Å². The molecule has 1 aliphatic rings. The number of carbonyl (C=O) groups excluding carboxylic acids is 2. The number of aliphatic hydroxyl groups excluding tert-OH is 1. The van der Waals surface area contributed by atoms with Crippen LogP contribution < -0.4 is 10.2 Å². The highest BCUT2D eigenvalue weighted by Gasteiger charge is 2.30. The Bertz CT molecular complexity index is 562. The highest BCUT2D eigenvalue weighted by atomic mass is 19.1. The Hall–Kier alpha value is -1.99. The number of aliphatic hydroxyl groups is 1. The van der Waals surface area contributed by atoms with Crippen molar-refractivity contribution in [3.63, 3.8) is 0 Å². The molecule has 1 aromatic rings. The topological polar surface area (TPSA) is 78.9 Å². The van der Waals surface area contributed by atoms with Crippen molar-refractivity contribution in [3.8, 4) is 0 Å². The van der Waals surface area contributed by atoms with Crippen LogP contribution in [0.2, 0.25) is 0 Å². The summed E-state index contributed by atoms with van der Waals surface area (Å²) in [5.41, 5.74) is 0.500. The van der Waals surface area contributed by atoms with Crippen LogP contribution >= 0.6 is 0 Å². The van der Waals surface area contributed by atoms with Gasteiger partial charge in [0.25, 0.3) is 11.7 Å². The zero-order valence-corrected chi connectivity index (χ0v) is 11.1. The lowest BCUT2D eigenvalue weighted by atomic mass is 10.1. The number of ketones is 1. The van der Waals surface area contributed by atoms with E-state index < -0.39 is 23.6 Å². The zero-order chi connectivity index (χ0) is 14.9. The number of ether oxygens (including phenoxy) is 1. The van der Waals surface area contributed by atoms with Gasteiger partial charge in [-0.15, -0.1) is 0 Å². The van der Waals surface area contributed by atoms with Gasteiger partial charge in [0.1, 0.15) is 5.82 Å². The summed E-state index contributed by atoms with van der Waals surface area (Å²) < 4.78 is 18.8. The van der Waals surface area contributed by atoms with Crippen LogP contribution in [0.1, 0.15) is 10.4 Å². The van der Waals surface area contributed by atoms with E-state index in [4.69, 9.17) is 4.74 Å². The summed E-state index contributed by atoms with van der Waals surface area (Å²) in [4.78, 5) is 24.2. The monoisotopic (exact) mass is 282 g/mol. The molecule has 0 aromatic heterocycles. The molecule has 0 bridgehead atoms. The third-order valence-corrected chi connectivity index (χ3v) is 3.04. The second kappa shape index (κ2) is 5.56. The number of halogens is 1. The van der Waals surface area contributed by atoms with E-state index in [1.165, 1.54) is 18.1 Å². The number of benzene rings is 1. The minimum Gasteiger partial charge on any atom is -0.389 e. The van der Waals surface area contributed by atoms with E-state index in [1.54, 1.807) is 7.05 Å². The molecular weight excluding hydrogens is 267 g/mol. The quantitative estimate of drug-likeness (QED) is 0.764. The van der Waals surface area contributed by atoms with Gasteiger partial charge in [-0.25, -0.2) is 4.39 Å². The molecule has 1 unspecified atom stereocenters. The number of Topliss-reactive ketones (excluding diaryl/α,β-unsaturated/α-hetero) is 1. The van der Waals surface area contributed by atoms with Crippen LogP contribution in [-0.2, 0) is 9.53 Å². The number of amides is 1. The summed E-state index contributed by atoms with van der Waals surface area (Å²) in [5.74, 6) is -2.13. The van der Waals surface area contributed by atoms with Crippen molar-refractivity contribution in [3.05, 3.63) is 23.5 Å². The van der Waals surface area contributed by atoms with E-state index >= 15 is 0 Å². The summed E-state index contributed by atoms with van der Waals surface area (Å²) in [6, 6.07) is 2.41. The first-order valence-corrected chi connectivity index (χ1v) is 6.01. The van der Waals surface area contributed by atoms with Crippen molar-refractivity contribution in [2.45, 2.75) is 6.10 Å². The van der Waals surface area contributed by atoms with Crippen molar-refractivity contribution in [2.24, 2.45) is 0 Å². The smallest absolute Gasteiger partial charge is 0.296 e. The Balaban J connectivity index is 2.24. The van der Waals surface area contributed by atoms with Gasteiger partial charge < -0.3 is 20.1 Å². The Labute approximate surface area is 115 Å². The Morgan fingerprint density at radius 3 is 2.80 bits per heavy atom. The minimum absolute atomic E-state index is 0.0297. The van der Waals surface area contributed by atoms with Crippen LogP contribution in [0.3, 0.4) is 0 Å². The number of anilines is 2. The molecule has 6 nitrogen and oxygen atoms in total. The van der Waals surface area contributed by atoms with E-state index in [2.05, 4.69) is 5.32 Å². The van der Waals surface area contributed by atoms with E-state index in [0.29, 0.717) is 0 Å². The molecule has 108 valence electrons. The molecule has 1 heterocycles. The molecule has 0 aliphatic carbocycles. The Morgan fingerprint density at radius 2 is 2.15 bits per heavy atom. The fourth-order valence-electron chi connectivity index (χ4n) is 2.11. The third-order valence-electron chi connectivity index (χ3n) is 3.04. The standard InChI is InChI=1S/C13H15FN2O4/c1-16(5-7(17)6-20-2)11-4-10-8(3-9(11)14)12(18)13(19)15-10/h3-4,7,17H,5-6H2,1-2H3,(H,15,18,19). The first-order valence-electron chi connectivity index (χ1n) is 6.01. The van der Waals surface area contributed by atoms with Crippen LogP contribution in [0, 0.1) is 5.82 Å². The summed E-state index contributed by atoms with van der Waals surface area (Å²) in [6.45, 7) is 0.289. The number of fused-ring (bicyclic) bond motifs is 1. The largest absolute Gasteiger partial charge is 0.389 e. The fraction of sp³-hybridized carbons (Fsp3) is 0.385. The molecular formula is C13H15FN2O4. The van der Waals surface area contributed by atoms with Gasteiger partial charge in [-0.05, 0) is 12.1 Å². The summed E-state index contributed by atoms with van der Waals surface area (Å²) in [5, 5.41) is 12.0. The number of hydrogen-bond acceptors (Lipinski definition) is 5. The lowest BCUT2D eigenvalue weighted by molar-refractivity contribution is -0.112. The van der Waals surface area contributed by atoms with E-state index in [9.17, 15) is 19.1 Å². The van der Waals surface area contributed by atoms with E-state index in [1.807, 2.05) is 0 Å². The molecule has 2 rings (SSSR count). The fourth-order valence-corrected chi connectivity index (χ4v) is 2.11. The van der Waals surface area contributed by atoms with Gasteiger partial charge >= 0.3 is 0 Å². The van der Waals surface area contributed by atoms with Crippen molar-refractivity contribution in [1.82, 2.24) is 0 Å². The average Bonchev–Trinajstić information content (AvgIpc) is 2.65. The van der Waals surface area contributed by atoms with Crippen LogP contribution in [0.15, 0.2) is 12.1 Å². The molecule has 1 amide bonds. The van der Waals surface area contributed by atoms with Gasteiger partial charge in [0, 0.05) is 20.7 Å². The summed E-state index contributed by atoms with van der Waals surface area (Å²) in [6.07, 6.45) is -0.770. The van der Waals surface area contributed by atoms with Crippen LogP contribution in [0.5, 0.6) is 0 Å². The predicted octanol–water partition coefficient (Wildman–Crippen LogP) is 0.404. The summed E-state index contributed by atoms with van der Waals surface area (Å²) in [7, 11) is 3.06. The molecule has 20 heavy (non-hydrogen) atoms. The maximum Gasteiger partial charge on any atom is 0.296 e. The van der Waals surface area contributed by atoms with Gasteiger partial charge in [-0.1, -0.05) is 0 Å². The van der Waals surface area contributed by atoms with Gasteiger partial charge in [-0.2, -0.15) is 0 Å². The number of hydrogen-bond donors (Lipinski definition) is 2. The number of nitrogens with zero attached hydrogens (tertiary/aromatic N) is 1. The molecule has 7 heteroatoms. The lowest BCUT2D eigenvalue weighted by Crippen LogP contribution is -2.32. The number of nitrogens with one attached hydrogen (secondary N) is 1. The minimum atomic E-state index is -0.770. The number of likely N-dealkylation sites (N-methyl/N-ethyl adjacent to an activating group) is 1. The first-order chi connectivity index (χ1) is 9.43. The van der Waals surface area contributed by atoms with Crippen LogP contribution in [-0.4, -0.2) is 50.2 Å². The summed E-state index contributed by atoms with van der Waals surface area (Å²) >= 11 is 0. The van der Waals surface area contributed by atoms with Gasteiger partial charge in [0.05, 0.1) is 29.6 Å². The van der Waals surface area contributed by atoms with Crippen molar-refractivity contribution in [2.75, 3.05) is 37.5 Å². The molecule has 0 radical (unpaired) electrons. The normalized spacial score (nSPS) is 15.0. The molecule has 0 spiro atoms. The molecule has 0 saturated carbocycles. The predicted molar refractivity (Wildman–Crippen MR) is 70.5 cm³/mol. The van der Waals surface area contributed by atoms with E-state index in [0.717, 1.165) is 6.07 Å². The number of methoxy groups -OCH3 is 1. The highest BCUT2D eigenvalue weighted by molar-refractivity contribution is 6.51. The van der Waals surface area contributed by atoms with Gasteiger partial charge in [0.15, 0.2) is 0 Å². The van der Waals surface area contributed by atoms with Crippen molar-refractivity contribution >= 4 is 23.1 Å². The molecule has 2 N–H and O–H groups in total. The van der Waals surface area contributed by atoms with Gasteiger partial charge in [0.2, 0.25) is 0 Å². The van der Waals surface area contributed by atoms with Crippen LogP contribution in [0.25, 0.3) is 0 Å². The highest BCUT2D eigenvalue weighted by Crippen LogP contribution is 2.30.